The van der Waals surface area contributed by atoms with Gasteiger partial charge in [0.2, 0.25) is 0 Å². The normalized spacial score (nSPS) is 10.3. The lowest BCUT2D eigenvalue weighted by Gasteiger charge is -2.19. The molecule has 0 radical (unpaired) electrons. The fraction of sp³-hybridized carbons (Fsp3) is 0.222. The highest BCUT2D eigenvalue weighted by Crippen LogP contribution is 2.26. The van der Waals surface area contributed by atoms with E-state index in [1.807, 2.05) is 19.9 Å². The molecule has 0 atom stereocenters. The van der Waals surface area contributed by atoms with Crippen LogP contribution in [0.2, 0.25) is 0 Å². The Balaban J connectivity index is 2.21. The Morgan fingerprint density at radius 1 is 1.15 bits per heavy atom. The molecule has 0 aliphatic carbocycles. The summed E-state index contributed by atoms with van der Waals surface area (Å²) in [6.07, 6.45) is 0. The van der Waals surface area contributed by atoms with E-state index in [4.69, 9.17) is 4.74 Å². The largest absolute Gasteiger partial charge is 0.484 e. The number of non-ortho nitro benzene ring substituents is 1. The number of carboxylic acids is 1. The van der Waals surface area contributed by atoms with E-state index in [0.29, 0.717) is 5.75 Å². The van der Waals surface area contributed by atoms with Gasteiger partial charge >= 0.3 is 5.97 Å². The van der Waals surface area contributed by atoms with Gasteiger partial charge in [-0.05, 0) is 43.2 Å². The summed E-state index contributed by atoms with van der Waals surface area (Å²) in [7, 11) is 1.34. The predicted molar refractivity (Wildman–Crippen MR) is 94.9 cm³/mol. The van der Waals surface area contributed by atoms with E-state index in [9.17, 15) is 24.8 Å². The zero-order chi connectivity index (χ0) is 19.4. The second-order valence-electron chi connectivity index (χ2n) is 5.75. The first kappa shape index (κ1) is 18.9. The molecule has 1 amide bonds. The molecule has 8 heteroatoms. The zero-order valence-electron chi connectivity index (χ0n) is 14.6. The van der Waals surface area contributed by atoms with Crippen molar-refractivity contribution in [2.75, 3.05) is 18.6 Å². The topological polar surface area (TPSA) is 110 Å². The van der Waals surface area contributed by atoms with Crippen molar-refractivity contribution in [2.45, 2.75) is 13.8 Å². The molecule has 0 saturated carbocycles. The van der Waals surface area contributed by atoms with E-state index >= 15 is 0 Å². The molecular weight excluding hydrogens is 340 g/mol. The smallest absolute Gasteiger partial charge is 0.337 e. The van der Waals surface area contributed by atoms with Gasteiger partial charge in [0.15, 0.2) is 6.61 Å². The van der Waals surface area contributed by atoms with Crippen LogP contribution in [0, 0.1) is 24.0 Å². The van der Waals surface area contributed by atoms with Gasteiger partial charge in [-0.25, -0.2) is 4.79 Å². The van der Waals surface area contributed by atoms with E-state index in [1.54, 1.807) is 12.1 Å². The lowest BCUT2D eigenvalue weighted by molar-refractivity contribution is -0.384. The molecule has 0 aromatic heterocycles. The van der Waals surface area contributed by atoms with Gasteiger partial charge in [0.1, 0.15) is 5.75 Å². The number of nitrogens with zero attached hydrogens (tertiary/aromatic N) is 2. The summed E-state index contributed by atoms with van der Waals surface area (Å²) in [5.74, 6) is -1.32. The Bertz CT molecular complexity index is 878. The van der Waals surface area contributed by atoms with Crippen LogP contribution in [0.3, 0.4) is 0 Å². The number of ether oxygens (including phenoxy) is 1. The van der Waals surface area contributed by atoms with Gasteiger partial charge in [-0.1, -0.05) is 6.07 Å². The van der Waals surface area contributed by atoms with Crippen molar-refractivity contribution in [2.24, 2.45) is 0 Å². The molecule has 0 aliphatic rings. The number of carbonyl (C=O) groups is 2. The minimum atomic E-state index is -1.29. The van der Waals surface area contributed by atoms with E-state index in [1.165, 1.54) is 7.05 Å². The van der Waals surface area contributed by atoms with Crippen LogP contribution in [0.1, 0.15) is 21.5 Å². The number of anilines is 1. The van der Waals surface area contributed by atoms with Crippen LogP contribution in [0.25, 0.3) is 0 Å². The lowest BCUT2D eigenvalue weighted by Crippen LogP contribution is -2.32. The molecular formula is C18H18N2O6. The van der Waals surface area contributed by atoms with Crippen molar-refractivity contribution < 1.29 is 24.4 Å². The summed E-state index contributed by atoms with van der Waals surface area (Å²) in [5.41, 5.74) is 1.51. The molecule has 1 N–H and O–H groups in total. The van der Waals surface area contributed by atoms with Gasteiger partial charge in [-0.2, -0.15) is 0 Å². The maximum Gasteiger partial charge on any atom is 0.337 e. The van der Waals surface area contributed by atoms with Crippen LogP contribution in [-0.2, 0) is 4.79 Å². The number of hydrogen-bond acceptors (Lipinski definition) is 5. The molecule has 0 spiro atoms. The summed E-state index contributed by atoms with van der Waals surface area (Å²) in [6, 6.07) is 8.62. The zero-order valence-corrected chi connectivity index (χ0v) is 14.6. The first-order valence-corrected chi connectivity index (χ1v) is 7.69. The van der Waals surface area contributed by atoms with E-state index in [-0.39, 0.29) is 23.5 Å². The first-order valence-electron chi connectivity index (χ1n) is 7.69. The Labute approximate surface area is 149 Å². The summed E-state index contributed by atoms with van der Waals surface area (Å²) in [5, 5.41) is 20.2. The molecule has 0 heterocycles. The molecule has 0 fully saturated rings. The molecule has 2 aromatic carbocycles. The molecule has 8 nitrogen and oxygen atoms in total. The number of amides is 1. The highest BCUT2D eigenvalue weighted by molar-refractivity contribution is 6.02. The predicted octanol–water partition coefficient (Wildman–Crippen LogP) is 2.95. The minimum Gasteiger partial charge on any atom is -0.484 e. The van der Waals surface area contributed by atoms with Crippen LogP contribution >= 0.6 is 0 Å². The quantitative estimate of drug-likeness (QED) is 0.628. The van der Waals surface area contributed by atoms with Crippen molar-refractivity contribution in [3.8, 4) is 5.75 Å². The standard InChI is InChI=1S/C18H18N2O6/c1-11-4-6-14(8-12(11)2)26-10-17(21)19(3)16-9-13(20(24)25)5-7-15(16)18(22)23/h4-9H,10H2,1-3H3,(H,22,23). The molecule has 136 valence electrons. The van der Waals surface area contributed by atoms with Gasteiger partial charge in [0, 0.05) is 19.2 Å². The Morgan fingerprint density at radius 2 is 1.85 bits per heavy atom. The van der Waals surface area contributed by atoms with Gasteiger partial charge in [0.25, 0.3) is 11.6 Å². The summed E-state index contributed by atoms with van der Waals surface area (Å²) < 4.78 is 5.45. The van der Waals surface area contributed by atoms with Crippen molar-refractivity contribution in [1.82, 2.24) is 0 Å². The maximum atomic E-state index is 12.4. The van der Waals surface area contributed by atoms with Crippen LogP contribution in [0.15, 0.2) is 36.4 Å². The Morgan fingerprint density at radius 3 is 2.42 bits per heavy atom. The number of aryl methyl sites for hydroxylation is 2. The monoisotopic (exact) mass is 358 g/mol. The summed E-state index contributed by atoms with van der Waals surface area (Å²) in [6.45, 7) is 3.53. The fourth-order valence-electron chi connectivity index (χ4n) is 2.27. The number of likely N-dealkylation sites (N-methyl/N-ethyl adjacent to an activating group) is 1. The molecule has 2 rings (SSSR count). The highest BCUT2D eigenvalue weighted by Gasteiger charge is 2.22. The molecule has 0 saturated heterocycles. The van der Waals surface area contributed by atoms with Crippen LogP contribution < -0.4 is 9.64 Å². The van der Waals surface area contributed by atoms with Gasteiger partial charge in [-0.15, -0.1) is 0 Å². The number of carboxylic acid groups (broad SMARTS) is 1. The first-order chi connectivity index (χ1) is 12.2. The van der Waals surface area contributed by atoms with Crippen molar-refractivity contribution in [3.05, 3.63) is 63.2 Å². The Kier molecular flexibility index (Phi) is 5.56. The van der Waals surface area contributed by atoms with Crippen molar-refractivity contribution in [1.29, 1.82) is 0 Å². The van der Waals surface area contributed by atoms with Gasteiger partial charge < -0.3 is 14.7 Å². The molecule has 0 unspecified atom stereocenters. The number of benzene rings is 2. The van der Waals surface area contributed by atoms with Gasteiger partial charge in [0.05, 0.1) is 16.2 Å². The van der Waals surface area contributed by atoms with Crippen molar-refractivity contribution >= 4 is 23.3 Å². The number of aromatic carboxylic acids is 1. The van der Waals surface area contributed by atoms with Crippen LogP contribution in [0.4, 0.5) is 11.4 Å². The third-order valence-electron chi connectivity index (χ3n) is 4.00. The van der Waals surface area contributed by atoms with Crippen molar-refractivity contribution in [3.63, 3.8) is 0 Å². The number of rotatable bonds is 6. The SMILES string of the molecule is Cc1ccc(OCC(=O)N(C)c2cc([N+](=O)[O-])ccc2C(=O)O)cc1C. The number of hydrogen-bond donors (Lipinski definition) is 1. The second kappa shape index (κ2) is 7.64. The molecule has 0 aliphatic heterocycles. The summed E-state index contributed by atoms with van der Waals surface area (Å²) in [4.78, 5) is 35.0. The lowest BCUT2D eigenvalue weighted by atomic mass is 10.1. The average Bonchev–Trinajstić information content (AvgIpc) is 2.61. The average molecular weight is 358 g/mol. The maximum absolute atomic E-state index is 12.4. The number of carbonyl (C=O) groups excluding carboxylic acids is 1. The second-order valence-corrected chi connectivity index (χ2v) is 5.75. The third-order valence-corrected chi connectivity index (χ3v) is 4.00. The minimum absolute atomic E-state index is 0.0691. The highest BCUT2D eigenvalue weighted by atomic mass is 16.6. The fourth-order valence-corrected chi connectivity index (χ4v) is 2.27. The summed E-state index contributed by atoms with van der Waals surface area (Å²) >= 11 is 0. The van der Waals surface area contributed by atoms with Crippen LogP contribution in [-0.4, -0.2) is 35.6 Å². The Hall–Kier alpha value is -3.42. The molecule has 0 bridgehead atoms. The van der Waals surface area contributed by atoms with Crippen LogP contribution in [0.5, 0.6) is 5.75 Å². The van der Waals surface area contributed by atoms with Gasteiger partial charge in [-0.3, -0.25) is 14.9 Å². The molecule has 2 aromatic rings. The number of nitro benzene ring substituents is 1. The van der Waals surface area contributed by atoms with E-state index in [0.717, 1.165) is 34.2 Å². The molecule has 26 heavy (non-hydrogen) atoms. The van der Waals surface area contributed by atoms with E-state index < -0.39 is 16.8 Å². The number of nitro groups is 1. The third kappa shape index (κ3) is 4.15. The van der Waals surface area contributed by atoms with E-state index in [2.05, 4.69) is 0 Å².